The predicted octanol–water partition coefficient (Wildman–Crippen LogP) is 5.30. The molecule has 0 unspecified atom stereocenters. The van der Waals surface area contributed by atoms with Gasteiger partial charge in [-0.25, -0.2) is 4.98 Å². The van der Waals surface area contributed by atoms with Crippen LogP contribution in [0.5, 0.6) is 0 Å². The predicted molar refractivity (Wildman–Crippen MR) is 129 cm³/mol. The largest absolute Gasteiger partial charge is 0.366 e. The molecule has 5 rings (SSSR count). The average Bonchev–Trinajstić information content (AvgIpc) is 3.50. The smallest absolute Gasteiger partial charge is 0.293 e. The highest BCUT2D eigenvalue weighted by Crippen LogP contribution is 2.32. The second-order valence-electron chi connectivity index (χ2n) is 8.24. The molecule has 0 bridgehead atoms. The summed E-state index contributed by atoms with van der Waals surface area (Å²) < 4.78 is 0. The monoisotopic (exact) mass is 441 g/mol. The fourth-order valence-corrected chi connectivity index (χ4v) is 4.22. The number of aromatic nitrogens is 2. The van der Waals surface area contributed by atoms with Crippen LogP contribution in [0.3, 0.4) is 0 Å². The van der Waals surface area contributed by atoms with E-state index in [-0.39, 0.29) is 11.3 Å². The first-order valence-corrected chi connectivity index (χ1v) is 10.9. The summed E-state index contributed by atoms with van der Waals surface area (Å²) in [5, 5.41) is 14.6. The van der Waals surface area contributed by atoms with Crippen LogP contribution in [0, 0.1) is 17.0 Å². The van der Waals surface area contributed by atoms with E-state index in [2.05, 4.69) is 15.3 Å². The summed E-state index contributed by atoms with van der Waals surface area (Å²) in [5.41, 5.74) is 4.92. The first-order valence-electron chi connectivity index (χ1n) is 10.9. The number of imidazole rings is 1. The first kappa shape index (κ1) is 20.7. The quantitative estimate of drug-likeness (QED) is 0.323. The minimum atomic E-state index is -0.419. The Morgan fingerprint density at radius 2 is 1.88 bits per heavy atom. The van der Waals surface area contributed by atoms with Gasteiger partial charge in [-0.2, -0.15) is 0 Å². The highest BCUT2D eigenvalue weighted by molar-refractivity contribution is 6.05. The Balaban J connectivity index is 1.43. The molecule has 2 N–H and O–H groups in total. The minimum absolute atomic E-state index is 0.0442. The molecule has 0 aliphatic carbocycles. The molecule has 1 fully saturated rings. The maximum absolute atomic E-state index is 13.0. The number of para-hydroxylation sites is 2. The average molecular weight is 441 g/mol. The maximum Gasteiger partial charge on any atom is 0.293 e. The van der Waals surface area contributed by atoms with E-state index < -0.39 is 10.8 Å². The summed E-state index contributed by atoms with van der Waals surface area (Å²) in [6.07, 6.45) is 2.03. The zero-order valence-electron chi connectivity index (χ0n) is 18.2. The number of anilines is 2. The van der Waals surface area contributed by atoms with Crippen LogP contribution in [-0.2, 0) is 0 Å². The lowest BCUT2D eigenvalue weighted by Gasteiger charge is -2.18. The molecule has 0 atom stereocenters. The molecule has 0 saturated carbocycles. The molecule has 1 aliphatic heterocycles. The van der Waals surface area contributed by atoms with E-state index in [1.807, 2.05) is 54.3 Å². The van der Waals surface area contributed by atoms with Crippen LogP contribution in [0.4, 0.5) is 17.1 Å². The third-order valence-electron chi connectivity index (χ3n) is 6.03. The molecule has 0 radical (unpaired) electrons. The standard InChI is InChI=1S/C25H23N5O3/c1-16-8-9-17(24-26-19-6-2-3-7-20(19)27-24)14-21(16)28-25(31)18-10-11-22(23(15-18)30(32)33)29-12-4-5-13-29/h2-3,6-11,14-15H,4-5,12-13H2,1H3,(H,26,27)(H,28,31). The summed E-state index contributed by atoms with van der Waals surface area (Å²) in [6.45, 7) is 3.48. The van der Waals surface area contributed by atoms with Gasteiger partial charge in [0.25, 0.3) is 11.6 Å². The van der Waals surface area contributed by atoms with Crippen LogP contribution in [0.15, 0.2) is 60.7 Å². The van der Waals surface area contributed by atoms with Gasteiger partial charge in [-0.3, -0.25) is 14.9 Å². The van der Waals surface area contributed by atoms with Crippen molar-refractivity contribution in [2.45, 2.75) is 19.8 Å². The Morgan fingerprint density at radius 3 is 2.64 bits per heavy atom. The van der Waals surface area contributed by atoms with Gasteiger partial charge in [-0.15, -0.1) is 0 Å². The van der Waals surface area contributed by atoms with Gasteiger partial charge in [0.1, 0.15) is 11.5 Å². The molecule has 166 valence electrons. The topological polar surface area (TPSA) is 104 Å². The number of nitrogens with one attached hydrogen (secondary N) is 2. The van der Waals surface area contributed by atoms with Gasteiger partial charge >= 0.3 is 0 Å². The van der Waals surface area contributed by atoms with Gasteiger partial charge in [0.05, 0.1) is 16.0 Å². The van der Waals surface area contributed by atoms with Crippen molar-refractivity contribution in [3.8, 4) is 11.4 Å². The number of aromatic amines is 1. The molecular formula is C25H23N5O3. The third kappa shape index (κ3) is 4.03. The molecule has 3 aromatic carbocycles. The number of nitrogens with zero attached hydrogens (tertiary/aromatic N) is 3. The summed E-state index contributed by atoms with van der Waals surface area (Å²) in [7, 11) is 0. The van der Waals surface area contributed by atoms with E-state index >= 15 is 0 Å². The Morgan fingerprint density at radius 1 is 1.09 bits per heavy atom. The number of benzene rings is 3. The molecule has 8 heteroatoms. The van der Waals surface area contributed by atoms with Crippen molar-refractivity contribution in [1.29, 1.82) is 0 Å². The Labute approximate surface area is 190 Å². The van der Waals surface area contributed by atoms with E-state index in [0.29, 0.717) is 17.2 Å². The van der Waals surface area contributed by atoms with Crippen molar-refractivity contribution in [2.24, 2.45) is 0 Å². The van der Waals surface area contributed by atoms with Crippen LogP contribution in [0.2, 0.25) is 0 Å². The third-order valence-corrected chi connectivity index (χ3v) is 6.03. The lowest BCUT2D eigenvalue weighted by atomic mass is 10.1. The van der Waals surface area contributed by atoms with Crippen LogP contribution >= 0.6 is 0 Å². The fourth-order valence-electron chi connectivity index (χ4n) is 4.22. The van der Waals surface area contributed by atoms with Crippen LogP contribution in [-0.4, -0.2) is 33.9 Å². The van der Waals surface area contributed by atoms with Gasteiger partial charge in [-0.05, 0) is 55.7 Å². The normalized spacial score (nSPS) is 13.4. The summed E-state index contributed by atoms with van der Waals surface area (Å²) in [4.78, 5) is 34.2. The number of aryl methyl sites for hydroxylation is 1. The highest BCUT2D eigenvalue weighted by Gasteiger charge is 2.24. The Bertz CT molecular complexity index is 1340. The number of H-pyrrole nitrogens is 1. The van der Waals surface area contributed by atoms with Crippen LogP contribution < -0.4 is 10.2 Å². The number of amides is 1. The Kier molecular flexibility index (Phi) is 5.26. The molecule has 4 aromatic rings. The Hall–Kier alpha value is -4.20. The lowest BCUT2D eigenvalue weighted by molar-refractivity contribution is -0.384. The number of rotatable bonds is 5. The zero-order valence-corrected chi connectivity index (χ0v) is 18.2. The SMILES string of the molecule is Cc1ccc(-c2nc3ccccc3[nH]2)cc1NC(=O)c1ccc(N2CCCC2)c([N+](=O)[O-])c1. The molecule has 2 heterocycles. The van der Waals surface area contributed by atoms with E-state index in [0.717, 1.165) is 48.1 Å². The number of carbonyl (C=O) groups is 1. The number of hydrogen-bond acceptors (Lipinski definition) is 5. The van der Waals surface area contributed by atoms with Crippen LogP contribution in [0.25, 0.3) is 22.4 Å². The molecule has 33 heavy (non-hydrogen) atoms. The molecule has 0 spiro atoms. The summed E-state index contributed by atoms with van der Waals surface area (Å²) >= 11 is 0. The van der Waals surface area contributed by atoms with E-state index in [4.69, 9.17) is 0 Å². The molecule has 1 aromatic heterocycles. The second kappa shape index (κ2) is 8.38. The molecule has 1 amide bonds. The van der Waals surface area contributed by atoms with E-state index in [1.165, 1.54) is 6.07 Å². The molecule has 1 aliphatic rings. The zero-order chi connectivity index (χ0) is 22.9. The molecule has 1 saturated heterocycles. The van der Waals surface area contributed by atoms with Crippen molar-refractivity contribution >= 4 is 34.0 Å². The number of hydrogen-bond donors (Lipinski definition) is 2. The van der Waals surface area contributed by atoms with Crippen molar-refractivity contribution < 1.29 is 9.72 Å². The lowest BCUT2D eigenvalue weighted by Crippen LogP contribution is -2.20. The summed E-state index contributed by atoms with van der Waals surface area (Å²) in [6, 6.07) is 18.2. The van der Waals surface area contributed by atoms with Crippen LogP contribution in [0.1, 0.15) is 28.8 Å². The van der Waals surface area contributed by atoms with Gasteiger partial charge < -0.3 is 15.2 Å². The van der Waals surface area contributed by atoms with Gasteiger partial charge in [0.15, 0.2) is 0 Å². The highest BCUT2D eigenvalue weighted by atomic mass is 16.6. The first-order chi connectivity index (χ1) is 16.0. The van der Waals surface area contributed by atoms with Gasteiger partial charge in [0.2, 0.25) is 0 Å². The second-order valence-corrected chi connectivity index (χ2v) is 8.24. The number of carbonyl (C=O) groups excluding carboxylic acids is 1. The van der Waals surface area contributed by atoms with Crippen molar-refractivity contribution in [3.05, 3.63) is 81.9 Å². The minimum Gasteiger partial charge on any atom is -0.366 e. The van der Waals surface area contributed by atoms with Crippen molar-refractivity contribution in [1.82, 2.24) is 9.97 Å². The van der Waals surface area contributed by atoms with E-state index in [9.17, 15) is 14.9 Å². The van der Waals surface area contributed by atoms with Crippen molar-refractivity contribution in [2.75, 3.05) is 23.3 Å². The van der Waals surface area contributed by atoms with Crippen molar-refractivity contribution in [3.63, 3.8) is 0 Å². The number of nitro benzene ring substituents is 1. The van der Waals surface area contributed by atoms with Gasteiger partial charge in [0, 0.05) is 36.0 Å². The number of fused-ring (bicyclic) bond motifs is 1. The van der Waals surface area contributed by atoms with Gasteiger partial charge in [-0.1, -0.05) is 24.3 Å². The number of nitro groups is 1. The maximum atomic E-state index is 13.0. The molecule has 8 nitrogen and oxygen atoms in total. The summed E-state index contributed by atoms with van der Waals surface area (Å²) in [5.74, 6) is 0.313. The molecular weight excluding hydrogens is 418 g/mol. The van der Waals surface area contributed by atoms with E-state index in [1.54, 1.807) is 12.1 Å². The fraction of sp³-hybridized carbons (Fsp3) is 0.200.